The van der Waals surface area contributed by atoms with Crippen molar-refractivity contribution in [3.63, 3.8) is 0 Å². The molecule has 162 valence electrons. The quantitative estimate of drug-likeness (QED) is 0.418. The van der Waals surface area contributed by atoms with Gasteiger partial charge in [0.25, 0.3) is 0 Å². The fraction of sp³-hybridized carbons (Fsp3) is 0.522. The number of rotatable bonds is 5. The summed E-state index contributed by atoms with van der Waals surface area (Å²) in [5.74, 6) is -0.477. The van der Waals surface area contributed by atoms with E-state index in [9.17, 15) is 14.4 Å². The summed E-state index contributed by atoms with van der Waals surface area (Å²) < 4.78 is 16.7. The van der Waals surface area contributed by atoms with Gasteiger partial charge in [0.1, 0.15) is 11.9 Å². The van der Waals surface area contributed by atoms with Gasteiger partial charge in [0.2, 0.25) is 5.91 Å². The highest BCUT2D eigenvalue weighted by Crippen LogP contribution is 2.39. The van der Waals surface area contributed by atoms with Gasteiger partial charge in [0.05, 0.1) is 25.7 Å². The second-order valence-electron chi connectivity index (χ2n) is 8.03. The fourth-order valence-electron chi connectivity index (χ4n) is 4.02. The predicted molar refractivity (Wildman–Crippen MR) is 110 cm³/mol. The minimum atomic E-state index is -1.58. The van der Waals surface area contributed by atoms with Crippen LogP contribution in [0.5, 0.6) is 5.75 Å². The normalized spacial score (nSPS) is 27.6. The van der Waals surface area contributed by atoms with Gasteiger partial charge in [0.15, 0.2) is 11.2 Å². The molecule has 2 fully saturated rings. The van der Waals surface area contributed by atoms with Crippen LogP contribution in [0.25, 0.3) is 0 Å². The summed E-state index contributed by atoms with van der Waals surface area (Å²) in [5.41, 5.74) is -1.37. The molecule has 2 saturated heterocycles. The second kappa shape index (κ2) is 9.00. The number of carbonyl (C=O) groups excluding carboxylic acids is 3. The van der Waals surface area contributed by atoms with Gasteiger partial charge in [-0.05, 0) is 26.0 Å². The molecule has 3 atom stereocenters. The Morgan fingerprint density at radius 2 is 1.87 bits per heavy atom. The van der Waals surface area contributed by atoms with Crippen LogP contribution in [0, 0.1) is 5.41 Å². The van der Waals surface area contributed by atoms with Crippen LogP contribution < -0.4 is 4.74 Å². The van der Waals surface area contributed by atoms with Crippen molar-refractivity contribution in [2.45, 2.75) is 51.4 Å². The SMILES string of the molecule is C=C1C(=O)[C@](C)(C(=O)OC)[C@@H](CC(=O)N2CCC(Oc3ccccc3)CC2)O[C@H]1C. The number of nitrogens with zero attached hydrogens (tertiary/aromatic N) is 1. The molecule has 1 aromatic rings. The van der Waals surface area contributed by atoms with Crippen LogP contribution in [0.1, 0.15) is 33.1 Å². The molecular formula is C23H29NO6. The van der Waals surface area contributed by atoms with E-state index in [0.717, 1.165) is 5.75 Å². The minimum absolute atomic E-state index is 0.0487. The zero-order chi connectivity index (χ0) is 21.9. The summed E-state index contributed by atoms with van der Waals surface area (Å²) in [6.45, 7) is 8.01. The molecule has 7 nitrogen and oxygen atoms in total. The average Bonchev–Trinajstić information content (AvgIpc) is 2.76. The van der Waals surface area contributed by atoms with E-state index in [1.54, 1.807) is 11.8 Å². The summed E-state index contributed by atoms with van der Waals surface area (Å²) in [6, 6.07) is 9.61. The van der Waals surface area contributed by atoms with Crippen LogP contribution in [0.15, 0.2) is 42.5 Å². The molecule has 0 spiro atoms. The summed E-state index contributed by atoms with van der Waals surface area (Å²) in [6.07, 6.45) is -0.0485. The number of benzene rings is 1. The third-order valence-corrected chi connectivity index (χ3v) is 6.08. The monoisotopic (exact) mass is 415 g/mol. The van der Waals surface area contributed by atoms with Crippen LogP contribution in [0.2, 0.25) is 0 Å². The number of likely N-dealkylation sites (tertiary alicyclic amines) is 1. The van der Waals surface area contributed by atoms with Crippen molar-refractivity contribution in [1.29, 1.82) is 0 Å². The maximum absolute atomic E-state index is 12.9. The van der Waals surface area contributed by atoms with Crippen LogP contribution in [0.3, 0.4) is 0 Å². The predicted octanol–water partition coefficient (Wildman–Crippen LogP) is 2.54. The maximum atomic E-state index is 12.9. The Kier molecular flexibility index (Phi) is 6.61. The Balaban J connectivity index is 1.62. The molecule has 3 rings (SSSR count). The van der Waals surface area contributed by atoms with E-state index in [0.29, 0.717) is 25.9 Å². The molecule has 0 saturated carbocycles. The molecule has 0 aliphatic carbocycles. The van der Waals surface area contributed by atoms with Gasteiger partial charge >= 0.3 is 5.97 Å². The highest BCUT2D eigenvalue weighted by Gasteiger charge is 2.55. The molecule has 2 heterocycles. The Labute approximate surface area is 177 Å². The molecule has 0 radical (unpaired) electrons. The van der Waals surface area contributed by atoms with Crippen LogP contribution in [-0.2, 0) is 23.9 Å². The zero-order valence-corrected chi connectivity index (χ0v) is 17.8. The van der Waals surface area contributed by atoms with Gasteiger partial charge in [-0.25, -0.2) is 0 Å². The fourth-order valence-corrected chi connectivity index (χ4v) is 4.02. The first-order valence-electron chi connectivity index (χ1n) is 10.2. The van der Waals surface area contributed by atoms with E-state index in [1.807, 2.05) is 30.3 Å². The molecule has 2 aliphatic rings. The summed E-state index contributed by atoms with van der Waals surface area (Å²) in [5, 5.41) is 0. The topological polar surface area (TPSA) is 82.1 Å². The van der Waals surface area contributed by atoms with Crippen molar-refractivity contribution in [3.05, 3.63) is 42.5 Å². The van der Waals surface area contributed by atoms with Gasteiger partial charge < -0.3 is 19.1 Å². The van der Waals surface area contributed by atoms with Gasteiger partial charge in [-0.3, -0.25) is 14.4 Å². The lowest BCUT2D eigenvalue weighted by atomic mass is 9.72. The highest BCUT2D eigenvalue weighted by atomic mass is 16.5. The smallest absolute Gasteiger partial charge is 0.322 e. The Morgan fingerprint density at radius 3 is 2.47 bits per heavy atom. The molecule has 30 heavy (non-hydrogen) atoms. The molecule has 7 heteroatoms. The number of piperidine rings is 1. The van der Waals surface area contributed by atoms with E-state index in [1.165, 1.54) is 14.0 Å². The van der Waals surface area contributed by atoms with Crippen LogP contribution in [0.4, 0.5) is 0 Å². The van der Waals surface area contributed by atoms with E-state index in [-0.39, 0.29) is 24.0 Å². The Bertz CT molecular complexity index is 814. The van der Waals surface area contributed by atoms with Gasteiger partial charge in [0, 0.05) is 31.5 Å². The minimum Gasteiger partial charge on any atom is -0.490 e. The van der Waals surface area contributed by atoms with Crippen molar-refractivity contribution in [2.24, 2.45) is 5.41 Å². The van der Waals surface area contributed by atoms with Crippen molar-refractivity contribution in [1.82, 2.24) is 4.90 Å². The number of hydrogen-bond donors (Lipinski definition) is 0. The lowest BCUT2D eigenvalue weighted by Gasteiger charge is -2.41. The highest BCUT2D eigenvalue weighted by molar-refractivity contribution is 6.13. The number of methoxy groups -OCH3 is 1. The molecule has 0 aromatic heterocycles. The van der Waals surface area contributed by atoms with E-state index >= 15 is 0 Å². The third-order valence-electron chi connectivity index (χ3n) is 6.08. The number of amides is 1. The number of Topliss-reactive ketones (excluding diaryl/α,β-unsaturated/α-hetero) is 1. The van der Waals surface area contributed by atoms with Crippen molar-refractivity contribution in [2.75, 3.05) is 20.2 Å². The second-order valence-corrected chi connectivity index (χ2v) is 8.03. The maximum Gasteiger partial charge on any atom is 0.322 e. The number of esters is 1. The van der Waals surface area contributed by atoms with E-state index in [4.69, 9.17) is 14.2 Å². The average molecular weight is 415 g/mol. The first kappa shape index (κ1) is 22.0. The first-order chi connectivity index (χ1) is 14.3. The first-order valence-corrected chi connectivity index (χ1v) is 10.2. The van der Waals surface area contributed by atoms with Gasteiger partial charge in [-0.1, -0.05) is 24.8 Å². The van der Waals surface area contributed by atoms with Gasteiger partial charge in [-0.15, -0.1) is 0 Å². The molecule has 0 unspecified atom stereocenters. The number of ether oxygens (including phenoxy) is 3. The molecule has 1 aromatic carbocycles. The molecule has 1 amide bonds. The lowest BCUT2D eigenvalue weighted by molar-refractivity contribution is -0.176. The summed E-state index contributed by atoms with van der Waals surface area (Å²) in [7, 11) is 1.22. The molecule has 0 N–H and O–H groups in total. The Hall–Kier alpha value is -2.67. The molecule has 2 aliphatic heterocycles. The number of carbonyl (C=O) groups is 3. The Morgan fingerprint density at radius 1 is 1.23 bits per heavy atom. The number of ketones is 1. The largest absolute Gasteiger partial charge is 0.490 e. The third kappa shape index (κ3) is 4.26. The zero-order valence-electron chi connectivity index (χ0n) is 17.8. The van der Waals surface area contributed by atoms with Crippen molar-refractivity contribution < 1.29 is 28.6 Å². The lowest BCUT2D eigenvalue weighted by Crippen LogP contribution is -2.56. The van der Waals surface area contributed by atoms with Crippen LogP contribution >= 0.6 is 0 Å². The van der Waals surface area contributed by atoms with Crippen LogP contribution in [-0.4, -0.2) is 61.1 Å². The standard InChI is InChI=1S/C23H29NO6/c1-15-16(2)29-19(23(3,21(15)26)22(27)28-4)14-20(25)24-12-10-18(11-13-24)30-17-8-6-5-7-9-17/h5-9,16,18-19H,1,10-14H2,2-4H3/t16-,19+,23+/m0/s1. The molecular weight excluding hydrogens is 386 g/mol. The van der Waals surface area contributed by atoms with Crippen molar-refractivity contribution >= 4 is 17.7 Å². The van der Waals surface area contributed by atoms with E-state index in [2.05, 4.69) is 6.58 Å². The van der Waals surface area contributed by atoms with E-state index < -0.39 is 29.4 Å². The molecule has 0 bridgehead atoms. The van der Waals surface area contributed by atoms with Crippen molar-refractivity contribution in [3.8, 4) is 5.75 Å². The number of hydrogen-bond acceptors (Lipinski definition) is 6. The van der Waals surface area contributed by atoms with Gasteiger partial charge in [-0.2, -0.15) is 0 Å². The summed E-state index contributed by atoms with van der Waals surface area (Å²) >= 11 is 0. The number of para-hydroxylation sites is 1. The summed E-state index contributed by atoms with van der Waals surface area (Å²) in [4.78, 5) is 39.9.